The predicted molar refractivity (Wildman–Crippen MR) is 126 cm³/mol. The van der Waals surface area contributed by atoms with Crippen molar-refractivity contribution in [3.63, 3.8) is 0 Å². The van der Waals surface area contributed by atoms with Gasteiger partial charge in [0.15, 0.2) is 0 Å². The van der Waals surface area contributed by atoms with Crippen molar-refractivity contribution >= 4 is 15.7 Å². The lowest BCUT2D eigenvalue weighted by atomic mass is 10.0. The first-order valence-electron chi connectivity index (χ1n) is 10.4. The Morgan fingerprint density at radius 3 is 2.45 bits per heavy atom. The van der Waals surface area contributed by atoms with Gasteiger partial charge in [0.25, 0.3) is 0 Å². The lowest BCUT2D eigenvalue weighted by molar-refractivity contribution is 0.279. The number of nitrogens with zero attached hydrogens (tertiary/aromatic N) is 1. The summed E-state index contributed by atoms with van der Waals surface area (Å²) in [6.45, 7) is 6.64. The summed E-state index contributed by atoms with van der Waals surface area (Å²) >= 11 is 0. The van der Waals surface area contributed by atoms with Crippen molar-refractivity contribution in [1.29, 1.82) is 0 Å². The zero-order valence-electron chi connectivity index (χ0n) is 19.0. The number of aromatic hydroxyl groups is 1. The molecule has 176 valence electrons. The van der Waals surface area contributed by atoms with E-state index in [1.54, 1.807) is 52.0 Å². The Labute approximate surface area is 193 Å². The fraction of sp³-hybridized carbons (Fsp3) is 0.292. The maximum Gasteiger partial charge on any atom is 0.241 e. The van der Waals surface area contributed by atoms with Crippen LogP contribution in [0.5, 0.6) is 5.75 Å². The van der Waals surface area contributed by atoms with Gasteiger partial charge < -0.3 is 15.5 Å². The van der Waals surface area contributed by atoms with E-state index >= 15 is 0 Å². The van der Waals surface area contributed by atoms with E-state index in [-0.39, 0.29) is 29.5 Å². The number of sulfonamides is 1. The van der Waals surface area contributed by atoms with Crippen LogP contribution in [0.3, 0.4) is 0 Å². The normalized spacial score (nSPS) is 12.1. The first kappa shape index (κ1) is 24.6. The molecule has 3 rings (SSSR count). The van der Waals surface area contributed by atoms with Crippen molar-refractivity contribution in [2.45, 2.75) is 51.3 Å². The van der Waals surface area contributed by atoms with Gasteiger partial charge in [-0.1, -0.05) is 24.3 Å². The highest BCUT2D eigenvalue weighted by Gasteiger charge is 2.25. The van der Waals surface area contributed by atoms with E-state index in [2.05, 4.69) is 15.0 Å². The van der Waals surface area contributed by atoms with E-state index in [0.29, 0.717) is 27.9 Å². The number of pyridine rings is 1. The highest BCUT2D eigenvalue weighted by Crippen LogP contribution is 2.31. The fourth-order valence-corrected chi connectivity index (χ4v) is 5.07. The van der Waals surface area contributed by atoms with Gasteiger partial charge >= 0.3 is 0 Å². The van der Waals surface area contributed by atoms with Gasteiger partial charge in [-0.15, -0.1) is 0 Å². The van der Waals surface area contributed by atoms with E-state index in [1.165, 1.54) is 24.4 Å². The maximum atomic E-state index is 14.9. The van der Waals surface area contributed by atoms with Crippen LogP contribution in [0, 0.1) is 12.7 Å². The third kappa shape index (κ3) is 5.68. The van der Waals surface area contributed by atoms with Gasteiger partial charge in [0.2, 0.25) is 10.0 Å². The van der Waals surface area contributed by atoms with E-state index < -0.39 is 21.4 Å². The van der Waals surface area contributed by atoms with Crippen molar-refractivity contribution in [2.24, 2.45) is 0 Å². The molecule has 0 radical (unpaired) electrons. The first-order valence-corrected chi connectivity index (χ1v) is 11.9. The number of rotatable bonds is 7. The summed E-state index contributed by atoms with van der Waals surface area (Å²) in [7, 11) is -3.83. The molecule has 0 fully saturated rings. The monoisotopic (exact) mass is 473 g/mol. The predicted octanol–water partition coefficient (Wildman–Crippen LogP) is 4.08. The Bertz CT molecular complexity index is 1270. The molecule has 0 atom stereocenters. The average Bonchev–Trinajstić information content (AvgIpc) is 2.74. The van der Waals surface area contributed by atoms with Crippen LogP contribution in [0.2, 0.25) is 0 Å². The number of hydrogen-bond donors (Lipinski definition) is 4. The van der Waals surface area contributed by atoms with Gasteiger partial charge in [-0.3, -0.25) is 4.98 Å². The molecule has 0 saturated carbocycles. The lowest BCUT2D eigenvalue weighted by Crippen LogP contribution is -2.40. The largest absolute Gasteiger partial charge is 0.506 e. The third-order valence-corrected chi connectivity index (χ3v) is 6.77. The molecule has 0 bridgehead atoms. The molecular weight excluding hydrogens is 445 g/mol. The van der Waals surface area contributed by atoms with Gasteiger partial charge in [0.05, 0.1) is 22.9 Å². The molecule has 1 aromatic heterocycles. The molecule has 0 spiro atoms. The van der Waals surface area contributed by atoms with E-state index in [1.807, 2.05) is 0 Å². The van der Waals surface area contributed by atoms with Crippen LogP contribution in [0.25, 0.3) is 11.1 Å². The smallest absolute Gasteiger partial charge is 0.241 e. The highest BCUT2D eigenvalue weighted by atomic mass is 32.2. The van der Waals surface area contributed by atoms with Gasteiger partial charge in [-0.05, 0) is 51.5 Å². The second-order valence-corrected chi connectivity index (χ2v) is 10.4. The molecule has 0 saturated heterocycles. The maximum absolute atomic E-state index is 14.9. The Hall–Kier alpha value is -3.01. The molecule has 2 aromatic carbocycles. The number of nitrogens with one attached hydrogen (secondary N) is 2. The minimum Gasteiger partial charge on any atom is -0.506 e. The lowest BCUT2D eigenvalue weighted by Gasteiger charge is -2.21. The van der Waals surface area contributed by atoms with Crippen LogP contribution in [-0.2, 0) is 23.2 Å². The SMILES string of the molecule is Cc1ncc(CO)c(CNc2ccc(-c3ccccc3S(=O)(=O)NC(C)(C)C)cc2F)c1O. The average molecular weight is 474 g/mol. The molecular formula is C24H28FN3O4S. The quantitative estimate of drug-likeness (QED) is 0.411. The zero-order chi connectivity index (χ0) is 24.4. The number of hydrogen-bond acceptors (Lipinski definition) is 6. The summed E-state index contributed by atoms with van der Waals surface area (Å²) in [5.41, 5.74) is 1.56. The molecule has 0 unspecified atom stereocenters. The number of aliphatic hydroxyl groups is 1. The van der Waals surface area contributed by atoms with Crippen molar-refractivity contribution in [1.82, 2.24) is 9.71 Å². The topological polar surface area (TPSA) is 112 Å². The number of aromatic nitrogens is 1. The van der Waals surface area contributed by atoms with Crippen molar-refractivity contribution in [3.05, 3.63) is 71.3 Å². The summed E-state index contributed by atoms with van der Waals surface area (Å²) in [5.74, 6) is -0.643. The van der Waals surface area contributed by atoms with Crippen molar-refractivity contribution in [3.8, 4) is 16.9 Å². The number of aliphatic hydroxyl groups excluding tert-OH is 1. The Morgan fingerprint density at radius 2 is 1.82 bits per heavy atom. The number of aryl methyl sites for hydroxylation is 1. The molecule has 3 aromatic rings. The molecule has 0 amide bonds. The van der Waals surface area contributed by atoms with Gasteiger partial charge in [0, 0.05) is 35.0 Å². The van der Waals surface area contributed by atoms with Crippen molar-refractivity contribution in [2.75, 3.05) is 5.32 Å². The summed E-state index contributed by atoms with van der Waals surface area (Å²) < 4.78 is 43.4. The van der Waals surface area contributed by atoms with Gasteiger partial charge in [-0.2, -0.15) is 0 Å². The Morgan fingerprint density at radius 1 is 1.12 bits per heavy atom. The standard InChI is InChI=1S/C24H28FN3O4S/c1-15-23(30)19(17(14-29)12-26-15)13-27-21-10-9-16(11-20(21)25)18-7-5-6-8-22(18)33(31,32)28-24(2,3)4/h5-12,27-30H,13-14H2,1-4H3. The molecule has 0 aliphatic carbocycles. The number of anilines is 1. The van der Waals surface area contributed by atoms with Crippen LogP contribution < -0.4 is 10.0 Å². The third-order valence-electron chi connectivity index (χ3n) is 4.95. The van der Waals surface area contributed by atoms with E-state index in [9.17, 15) is 23.0 Å². The number of halogens is 1. The summed E-state index contributed by atoms with van der Waals surface area (Å²) in [4.78, 5) is 4.07. The molecule has 0 aliphatic rings. The van der Waals surface area contributed by atoms with Crippen LogP contribution in [-0.4, -0.2) is 29.2 Å². The molecule has 4 N–H and O–H groups in total. The zero-order valence-corrected chi connectivity index (χ0v) is 19.8. The second kappa shape index (κ2) is 9.46. The molecule has 9 heteroatoms. The van der Waals surface area contributed by atoms with Crippen LogP contribution in [0.15, 0.2) is 53.6 Å². The minimum absolute atomic E-state index is 0.0587. The number of benzene rings is 2. The first-order chi connectivity index (χ1) is 15.4. The molecule has 1 heterocycles. The molecule has 33 heavy (non-hydrogen) atoms. The second-order valence-electron chi connectivity index (χ2n) is 8.75. The minimum atomic E-state index is -3.83. The van der Waals surface area contributed by atoms with Crippen LogP contribution >= 0.6 is 0 Å². The van der Waals surface area contributed by atoms with Gasteiger partial charge in [0.1, 0.15) is 11.6 Å². The Balaban J connectivity index is 1.91. The molecule has 7 nitrogen and oxygen atoms in total. The van der Waals surface area contributed by atoms with Crippen LogP contribution in [0.1, 0.15) is 37.6 Å². The summed E-state index contributed by atoms with van der Waals surface area (Å²) in [5, 5.41) is 22.7. The summed E-state index contributed by atoms with van der Waals surface area (Å²) in [6.07, 6.45) is 1.47. The van der Waals surface area contributed by atoms with Gasteiger partial charge in [-0.25, -0.2) is 17.5 Å². The highest BCUT2D eigenvalue weighted by molar-refractivity contribution is 7.89. The van der Waals surface area contributed by atoms with Crippen molar-refractivity contribution < 1.29 is 23.0 Å². The van der Waals surface area contributed by atoms with Crippen LogP contribution in [0.4, 0.5) is 10.1 Å². The molecule has 0 aliphatic heterocycles. The fourth-order valence-electron chi connectivity index (χ4n) is 3.42. The van der Waals surface area contributed by atoms with E-state index in [4.69, 9.17) is 0 Å². The van der Waals surface area contributed by atoms with E-state index in [0.717, 1.165) is 0 Å². The Kier molecular flexibility index (Phi) is 7.06. The summed E-state index contributed by atoms with van der Waals surface area (Å²) in [6, 6.07) is 10.8.